The molecule has 1 aliphatic rings. The molecule has 0 unspecified atom stereocenters. The molecule has 1 fully saturated rings. The Morgan fingerprint density at radius 3 is 2.19 bits per heavy atom. The maximum atomic E-state index is 13.4. The van der Waals surface area contributed by atoms with E-state index < -0.39 is 5.60 Å². The molecule has 26 heavy (non-hydrogen) atoms. The van der Waals surface area contributed by atoms with Gasteiger partial charge in [-0.3, -0.25) is 4.79 Å². The molecular weight excluding hydrogens is 336 g/mol. The molecule has 0 aromatic rings. The first-order chi connectivity index (χ1) is 12.1. The van der Waals surface area contributed by atoms with E-state index in [9.17, 15) is 4.79 Å². The van der Waals surface area contributed by atoms with Crippen molar-refractivity contribution in [1.82, 2.24) is 0 Å². The summed E-state index contributed by atoms with van der Waals surface area (Å²) in [5.74, 6) is 6.96. The van der Waals surface area contributed by atoms with Crippen LogP contribution in [0.3, 0.4) is 0 Å². The molecule has 3 atom stereocenters. The number of Topliss-reactive ketones (excluding diaryl/α,β-unsaturated/α-hetero) is 1. The largest absolute Gasteiger partial charge is 0.414 e. The summed E-state index contributed by atoms with van der Waals surface area (Å²) >= 11 is 0. The standard InChI is InChI=1S/C23H42O2Si/c1-8-10-12-13-14-15-17-23(25-26)19(24)18-22(7,20(3,4)5)21(23,6)16-11-9-2/h8-13,16-18H2,1-7,26H3/t21-,22-,23+/m1/s1. The van der Waals surface area contributed by atoms with Gasteiger partial charge in [-0.15, -0.1) is 5.92 Å². The Balaban J connectivity index is 3.26. The lowest BCUT2D eigenvalue weighted by Gasteiger charge is -2.55. The first-order valence-electron chi connectivity index (χ1n) is 10.6. The van der Waals surface area contributed by atoms with E-state index in [1.165, 1.54) is 12.8 Å². The van der Waals surface area contributed by atoms with Crippen molar-refractivity contribution < 1.29 is 9.22 Å². The average Bonchev–Trinajstić information content (AvgIpc) is 2.74. The molecule has 0 aromatic carbocycles. The molecule has 3 heteroatoms. The van der Waals surface area contributed by atoms with E-state index in [4.69, 9.17) is 4.43 Å². The Bertz CT molecular complexity index is 539. The molecule has 0 radical (unpaired) electrons. The number of carbonyl (C=O) groups is 1. The Morgan fingerprint density at radius 2 is 1.69 bits per heavy atom. The lowest BCUT2D eigenvalue weighted by molar-refractivity contribution is -0.144. The summed E-state index contributed by atoms with van der Waals surface area (Å²) in [5.41, 5.74) is -0.929. The third-order valence-corrected chi connectivity index (χ3v) is 8.17. The number of carbonyl (C=O) groups excluding carboxylic acids is 1. The van der Waals surface area contributed by atoms with E-state index in [0.717, 1.165) is 32.1 Å². The van der Waals surface area contributed by atoms with Crippen LogP contribution < -0.4 is 0 Å². The Kier molecular flexibility index (Phi) is 8.17. The first kappa shape index (κ1) is 23.4. The van der Waals surface area contributed by atoms with Crippen LogP contribution in [0.1, 0.15) is 106 Å². The molecule has 0 aromatic heterocycles. The van der Waals surface area contributed by atoms with Gasteiger partial charge < -0.3 is 4.43 Å². The van der Waals surface area contributed by atoms with Crippen LogP contribution in [0.5, 0.6) is 0 Å². The van der Waals surface area contributed by atoms with E-state index in [1.807, 2.05) is 0 Å². The summed E-state index contributed by atoms with van der Waals surface area (Å²) in [6.07, 6.45) is 9.00. The van der Waals surface area contributed by atoms with Crippen molar-refractivity contribution in [3.63, 3.8) is 0 Å². The highest BCUT2D eigenvalue weighted by atomic mass is 28.2. The average molecular weight is 379 g/mol. The van der Waals surface area contributed by atoms with Gasteiger partial charge in [0.1, 0.15) is 16.1 Å². The van der Waals surface area contributed by atoms with Gasteiger partial charge in [-0.05, 0) is 23.7 Å². The van der Waals surface area contributed by atoms with Gasteiger partial charge in [-0.1, -0.05) is 80.1 Å². The molecule has 1 aliphatic carbocycles. The lowest BCUT2D eigenvalue weighted by atomic mass is 9.51. The summed E-state index contributed by atoms with van der Waals surface area (Å²) < 4.78 is 6.23. The van der Waals surface area contributed by atoms with Crippen molar-refractivity contribution >= 4 is 16.3 Å². The molecule has 1 rings (SSSR count). The molecule has 0 N–H and O–H groups in total. The van der Waals surface area contributed by atoms with Gasteiger partial charge in [-0.25, -0.2) is 0 Å². The molecule has 0 amide bonds. The topological polar surface area (TPSA) is 26.3 Å². The fourth-order valence-electron chi connectivity index (χ4n) is 4.96. The predicted octanol–water partition coefficient (Wildman–Crippen LogP) is 5.22. The minimum Gasteiger partial charge on any atom is -0.414 e. The lowest BCUT2D eigenvalue weighted by Crippen LogP contribution is -2.56. The number of unbranched alkanes of at least 4 members (excludes halogenated alkanes) is 4. The summed E-state index contributed by atoms with van der Waals surface area (Å²) in [6.45, 7) is 15.9. The SMILES string of the molecule is CCCCCC#CC[C@]1(O[SiH3])C(=O)C[C@](C)(C(C)(C)C)[C@@]1(C)CCCC. The minimum atomic E-state index is -0.714. The second kappa shape index (κ2) is 9.07. The number of ketones is 1. The van der Waals surface area contributed by atoms with Gasteiger partial charge in [0.05, 0.1) is 0 Å². The third kappa shape index (κ3) is 3.97. The second-order valence-electron chi connectivity index (χ2n) is 9.64. The van der Waals surface area contributed by atoms with Gasteiger partial charge >= 0.3 is 0 Å². The van der Waals surface area contributed by atoms with Crippen LogP contribution in [0.25, 0.3) is 0 Å². The second-order valence-corrected chi connectivity index (χ2v) is 10.0. The van der Waals surface area contributed by atoms with Gasteiger partial charge in [0, 0.05) is 24.7 Å². The zero-order valence-corrected chi connectivity index (χ0v) is 20.7. The zero-order valence-electron chi connectivity index (χ0n) is 18.7. The Labute approximate surface area is 165 Å². The van der Waals surface area contributed by atoms with Crippen LogP contribution in [0.2, 0.25) is 0 Å². The van der Waals surface area contributed by atoms with Crippen LogP contribution in [-0.4, -0.2) is 21.9 Å². The fraction of sp³-hybridized carbons (Fsp3) is 0.870. The monoisotopic (exact) mass is 378 g/mol. The van der Waals surface area contributed by atoms with Crippen LogP contribution in [0, 0.1) is 28.1 Å². The van der Waals surface area contributed by atoms with E-state index in [2.05, 4.69) is 60.3 Å². The fourth-order valence-corrected chi connectivity index (χ4v) is 5.78. The van der Waals surface area contributed by atoms with Crippen LogP contribution in [0.4, 0.5) is 0 Å². The van der Waals surface area contributed by atoms with Gasteiger partial charge in [0.2, 0.25) is 0 Å². The number of hydrogen-bond donors (Lipinski definition) is 0. The zero-order chi connectivity index (χ0) is 20.1. The van der Waals surface area contributed by atoms with Gasteiger partial charge in [0.15, 0.2) is 5.78 Å². The molecule has 0 spiro atoms. The molecule has 0 heterocycles. The maximum absolute atomic E-state index is 13.4. The molecule has 1 saturated carbocycles. The predicted molar refractivity (Wildman–Crippen MR) is 115 cm³/mol. The van der Waals surface area contributed by atoms with Crippen LogP contribution >= 0.6 is 0 Å². The van der Waals surface area contributed by atoms with E-state index in [0.29, 0.717) is 23.3 Å². The summed E-state index contributed by atoms with van der Waals surface area (Å²) in [5, 5.41) is 0. The smallest absolute Gasteiger partial charge is 0.165 e. The quantitative estimate of drug-likeness (QED) is 0.329. The van der Waals surface area contributed by atoms with Crippen molar-refractivity contribution in [3.05, 3.63) is 0 Å². The van der Waals surface area contributed by atoms with Crippen molar-refractivity contribution in [2.24, 2.45) is 16.2 Å². The van der Waals surface area contributed by atoms with Crippen molar-refractivity contribution in [2.75, 3.05) is 0 Å². The van der Waals surface area contributed by atoms with Crippen molar-refractivity contribution in [3.8, 4) is 11.8 Å². The minimum absolute atomic E-state index is 0.0432. The maximum Gasteiger partial charge on any atom is 0.165 e. The van der Waals surface area contributed by atoms with E-state index >= 15 is 0 Å². The molecule has 0 aliphatic heterocycles. The summed E-state index contributed by atoms with van der Waals surface area (Å²) in [6, 6.07) is 0. The number of rotatable bonds is 8. The Morgan fingerprint density at radius 1 is 1.08 bits per heavy atom. The first-order valence-corrected chi connectivity index (χ1v) is 11.4. The van der Waals surface area contributed by atoms with Gasteiger partial charge in [0.25, 0.3) is 0 Å². The van der Waals surface area contributed by atoms with E-state index in [-0.39, 0.29) is 22.0 Å². The summed E-state index contributed by atoms with van der Waals surface area (Å²) in [7, 11) is 0.571. The van der Waals surface area contributed by atoms with E-state index in [1.54, 1.807) is 0 Å². The highest BCUT2D eigenvalue weighted by molar-refractivity contribution is 6.03. The molecule has 0 bridgehead atoms. The van der Waals surface area contributed by atoms with Crippen molar-refractivity contribution in [1.29, 1.82) is 0 Å². The highest BCUT2D eigenvalue weighted by Crippen LogP contribution is 2.67. The molecule has 0 saturated heterocycles. The number of hydrogen-bond acceptors (Lipinski definition) is 2. The summed E-state index contributed by atoms with van der Waals surface area (Å²) in [4.78, 5) is 13.4. The van der Waals surface area contributed by atoms with Gasteiger partial charge in [-0.2, -0.15) is 0 Å². The van der Waals surface area contributed by atoms with Crippen LogP contribution in [-0.2, 0) is 9.22 Å². The highest BCUT2D eigenvalue weighted by Gasteiger charge is 2.70. The molecule has 2 nitrogen and oxygen atoms in total. The third-order valence-electron chi connectivity index (χ3n) is 7.48. The normalized spacial score (nSPS) is 31.9. The molecular formula is C23H42O2Si. The Hall–Kier alpha value is -0.593. The van der Waals surface area contributed by atoms with Crippen molar-refractivity contribution in [2.45, 2.75) is 112 Å². The van der Waals surface area contributed by atoms with Crippen LogP contribution in [0.15, 0.2) is 0 Å². The molecule has 150 valence electrons.